The van der Waals surface area contributed by atoms with E-state index < -0.39 is 17.5 Å². The van der Waals surface area contributed by atoms with Crippen LogP contribution in [-0.2, 0) is 16.0 Å². The molecule has 3 rings (SSSR count). The van der Waals surface area contributed by atoms with E-state index in [1.54, 1.807) is 30.5 Å². The second-order valence-corrected chi connectivity index (χ2v) is 5.11. The number of nitrogens with zero attached hydrogens (tertiary/aromatic N) is 1. The molecule has 0 amide bonds. The van der Waals surface area contributed by atoms with E-state index in [1.165, 1.54) is 17.0 Å². The van der Waals surface area contributed by atoms with Crippen molar-refractivity contribution in [1.82, 2.24) is 4.57 Å². The number of hydrogen-bond donors (Lipinski definition) is 1. The minimum Gasteiger partial charge on any atom is -0.478 e. The van der Waals surface area contributed by atoms with Crippen LogP contribution in [0.3, 0.4) is 0 Å². The lowest BCUT2D eigenvalue weighted by atomic mass is 9.94. The van der Waals surface area contributed by atoms with Crippen molar-refractivity contribution in [1.29, 1.82) is 0 Å². The Bertz CT molecular complexity index is 799. The van der Waals surface area contributed by atoms with Gasteiger partial charge in [0.25, 0.3) is 0 Å². The maximum absolute atomic E-state index is 11.8. The number of aliphatic carboxylic acids is 1. The zero-order valence-electron chi connectivity index (χ0n) is 11.7. The Kier molecular flexibility index (Phi) is 3.47. The molecule has 0 saturated carbocycles. The molecule has 5 heteroatoms. The molecule has 0 spiro atoms. The lowest BCUT2D eigenvalue weighted by Gasteiger charge is -2.06. The standard InChI is InChI=1S/C17H13NO4/c19-15-7-6-12-8-18(9-13(12)16(15)20)10-14(17(21)22)11-4-2-1-3-5-11/h1-5,8-10H,6-7H2,(H,21,22). The SMILES string of the molecule is O=C(O)C(=Cn1cc2c(c1)C(=O)C(=O)CC2)c1ccccc1. The molecule has 2 aromatic rings. The van der Waals surface area contributed by atoms with Gasteiger partial charge in [0.1, 0.15) is 0 Å². The van der Waals surface area contributed by atoms with Gasteiger partial charge in [0.15, 0.2) is 0 Å². The number of benzene rings is 1. The summed E-state index contributed by atoms with van der Waals surface area (Å²) in [6.07, 6.45) is 5.39. The summed E-state index contributed by atoms with van der Waals surface area (Å²) in [7, 11) is 0. The smallest absolute Gasteiger partial charge is 0.337 e. The third-order valence-electron chi connectivity index (χ3n) is 3.64. The Balaban J connectivity index is 2.04. The third-order valence-corrected chi connectivity index (χ3v) is 3.64. The van der Waals surface area contributed by atoms with Crippen LogP contribution in [0.1, 0.15) is 27.9 Å². The first kappa shape index (κ1) is 14.0. The first-order valence-corrected chi connectivity index (χ1v) is 6.84. The van der Waals surface area contributed by atoms with Gasteiger partial charge in [-0.1, -0.05) is 30.3 Å². The topological polar surface area (TPSA) is 76.4 Å². The Morgan fingerprint density at radius 1 is 1.09 bits per heavy atom. The molecule has 0 radical (unpaired) electrons. The number of carboxylic acids is 1. The molecule has 0 fully saturated rings. The first-order chi connectivity index (χ1) is 10.6. The molecule has 1 aromatic heterocycles. The summed E-state index contributed by atoms with van der Waals surface area (Å²) in [6, 6.07) is 8.74. The molecule has 22 heavy (non-hydrogen) atoms. The van der Waals surface area contributed by atoms with Crippen molar-refractivity contribution in [2.45, 2.75) is 12.8 Å². The van der Waals surface area contributed by atoms with E-state index in [0.717, 1.165) is 5.56 Å². The van der Waals surface area contributed by atoms with Gasteiger partial charge < -0.3 is 9.67 Å². The number of hydrogen-bond acceptors (Lipinski definition) is 3. The molecule has 5 nitrogen and oxygen atoms in total. The molecule has 1 aliphatic rings. The molecule has 110 valence electrons. The molecule has 1 N–H and O–H groups in total. The van der Waals surface area contributed by atoms with Gasteiger partial charge in [-0.3, -0.25) is 9.59 Å². The molecule has 0 saturated heterocycles. The summed E-state index contributed by atoms with van der Waals surface area (Å²) >= 11 is 0. The summed E-state index contributed by atoms with van der Waals surface area (Å²) in [4.78, 5) is 34.7. The molecule has 0 aliphatic heterocycles. The van der Waals surface area contributed by atoms with Crippen LogP contribution in [0, 0.1) is 0 Å². The Labute approximate surface area is 126 Å². The van der Waals surface area contributed by atoms with Crippen molar-refractivity contribution in [3.63, 3.8) is 0 Å². The summed E-state index contributed by atoms with van der Waals surface area (Å²) in [5.41, 5.74) is 1.83. The second-order valence-electron chi connectivity index (χ2n) is 5.11. The van der Waals surface area contributed by atoms with Gasteiger partial charge in [-0.05, 0) is 17.5 Å². The maximum Gasteiger partial charge on any atom is 0.337 e. The van der Waals surface area contributed by atoms with E-state index in [0.29, 0.717) is 17.5 Å². The van der Waals surface area contributed by atoms with Crippen LogP contribution < -0.4 is 0 Å². The lowest BCUT2D eigenvalue weighted by molar-refractivity contribution is -0.130. The monoisotopic (exact) mass is 295 g/mol. The molecule has 0 unspecified atom stereocenters. The van der Waals surface area contributed by atoms with Crippen LogP contribution in [0.5, 0.6) is 0 Å². The van der Waals surface area contributed by atoms with Crippen molar-refractivity contribution in [3.05, 3.63) is 59.4 Å². The summed E-state index contributed by atoms with van der Waals surface area (Å²) < 4.78 is 1.54. The van der Waals surface area contributed by atoms with Crippen LogP contribution in [-0.4, -0.2) is 27.2 Å². The minimum atomic E-state index is -1.06. The van der Waals surface area contributed by atoms with Crippen LogP contribution in [0.25, 0.3) is 11.8 Å². The molecule has 1 aromatic carbocycles. The van der Waals surface area contributed by atoms with Gasteiger partial charge in [-0.25, -0.2) is 4.79 Å². The fraction of sp³-hybridized carbons (Fsp3) is 0.118. The highest BCUT2D eigenvalue weighted by Gasteiger charge is 2.26. The lowest BCUT2D eigenvalue weighted by Crippen LogP contribution is -2.20. The third kappa shape index (κ3) is 2.48. The fourth-order valence-corrected chi connectivity index (χ4v) is 2.53. The quantitative estimate of drug-likeness (QED) is 0.696. The molecule has 1 aliphatic carbocycles. The predicted octanol–water partition coefficient (Wildman–Crippen LogP) is 2.27. The number of rotatable bonds is 3. The summed E-state index contributed by atoms with van der Waals surface area (Å²) in [5, 5.41) is 9.38. The van der Waals surface area contributed by atoms with Gasteiger partial charge in [-0.2, -0.15) is 0 Å². The number of aromatic nitrogens is 1. The zero-order chi connectivity index (χ0) is 15.7. The van der Waals surface area contributed by atoms with Gasteiger partial charge in [0, 0.05) is 30.6 Å². The van der Waals surface area contributed by atoms with E-state index in [1.807, 2.05) is 6.07 Å². The van der Waals surface area contributed by atoms with Crippen molar-refractivity contribution in [2.24, 2.45) is 0 Å². The Hall–Kier alpha value is -2.95. The molecular formula is C17H13NO4. The number of fused-ring (bicyclic) bond motifs is 1. The van der Waals surface area contributed by atoms with Crippen LogP contribution in [0.15, 0.2) is 42.7 Å². The molecule has 0 bridgehead atoms. The van der Waals surface area contributed by atoms with E-state index in [9.17, 15) is 19.5 Å². The van der Waals surface area contributed by atoms with Gasteiger partial charge in [0.2, 0.25) is 11.6 Å². The fourth-order valence-electron chi connectivity index (χ4n) is 2.53. The van der Waals surface area contributed by atoms with Crippen molar-refractivity contribution in [2.75, 3.05) is 0 Å². The number of carboxylic acid groups (broad SMARTS) is 1. The molecule has 1 heterocycles. The van der Waals surface area contributed by atoms with Crippen LogP contribution in [0.4, 0.5) is 0 Å². The normalized spacial score (nSPS) is 14.8. The number of carbonyl (C=O) groups is 3. The minimum absolute atomic E-state index is 0.117. The zero-order valence-corrected chi connectivity index (χ0v) is 11.7. The average molecular weight is 295 g/mol. The highest BCUT2D eigenvalue weighted by Crippen LogP contribution is 2.22. The van der Waals surface area contributed by atoms with Gasteiger partial charge in [0.05, 0.1) is 5.57 Å². The van der Waals surface area contributed by atoms with Crippen molar-refractivity contribution < 1.29 is 19.5 Å². The highest BCUT2D eigenvalue weighted by atomic mass is 16.4. The van der Waals surface area contributed by atoms with E-state index in [2.05, 4.69) is 0 Å². The number of ketones is 2. The van der Waals surface area contributed by atoms with Crippen LogP contribution in [0.2, 0.25) is 0 Å². The Morgan fingerprint density at radius 3 is 2.50 bits per heavy atom. The summed E-state index contributed by atoms with van der Waals surface area (Å²) in [6.45, 7) is 0. The van der Waals surface area contributed by atoms with E-state index in [4.69, 9.17) is 0 Å². The largest absolute Gasteiger partial charge is 0.478 e. The van der Waals surface area contributed by atoms with Gasteiger partial charge >= 0.3 is 5.97 Å². The van der Waals surface area contributed by atoms with Crippen molar-refractivity contribution >= 4 is 29.3 Å². The Morgan fingerprint density at radius 2 is 1.82 bits per heavy atom. The van der Waals surface area contributed by atoms with E-state index >= 15 is 0 Å². The predicted molar refractivity (Wildman–Crippen MR) is 80.3 cm³/mol. The number of carbonyl (C=O) groups excluding carboxylic acids is 2. The second kappa shape index (κ2) is 5.44. The number of aryl methyl sites for hydroxylation is 1. The molecular weight excluding hydrogens is 282 g/mol. The highest BCUT2D eigenvalue weighted by molar-refractivity contribution is 6.44. The summed E-state index contributed by atoms with van der Waals surface area (Å²) in [5.74, 6) is -1.94. The number of Topliss-reactive ketones (excluding diaryl/α,β-unsaturated/α-hetero) is 2. The van der Waals surface area contributed by atoms with Crippen molar-refractivity contribution in [3.8, 4) is 0 Å². The molecule has 0 atom stereocenters. The first-order valence-electron chi connectivity index (χ1n) is 6.84. The maximum atomic E-state index is 11.8. The van der Waals surface area contributed by atoms with E-state index in [-0.39, 0.29) is 12.0 Å². The average Bonchev–Trinajstić information content (AvgIpc) is 2.93. The van der Waals surface area contributed by atoms with Gasteiger partial charge in [-0.15, -0.1) is 0 Å². The van der Waals surface area contributed by atoms with Crippen LogP contribution >= 0.6 is 0 Å².